The molecule has 3 nitrogen and oxygen atoms in total. The van der Waals surface area contributed by atoms with E-state index in [0.29, 0.717) is 11.6 Å². The average Bonchev–Trinajstić information content (AvgIpc) is 2.88. The molecule has 0 aromatic heterocycles. The van der Waals surface area contributed by atoms with E-state index in [2.05, 4.69) is 92.6 Å². The largest absolute Gasteiger partial charge is 0.299 e. The van der Waals surface area contributed by atoms with Gasteiger partial charge in [-0.15, -0.1) is 6.42 Å². The zero-order valence-corrected chi connectivity index (χ0v) is 23.8. The highest BCUT2D eigenvalue weighted by atomic mass is 31.1. The molecule has 190 valence electrons. The molecule has 1 atom stereocenters. The summed E-state index contributed by atoms with van der Waals surface area (Å²) in [6.45, 7) is 16.1. The fraction of sp³-hybridized carbons (Fsp3) is 0.438. The summed E-state index contributed by atoms with van der Waals surface area (Å²) in [5, 5.41) is 1.43. The van der Waals surface area contributed by atoms with Crippen LogP contribution in [0.25, 0.3) is 0 Å². The zero-order valence-electron chi connectivity index (χ0n) is 22.8. The Hall–Kier alpha value is -2.53. The molecule has 1 fully saturated rings. The number of likely N-dealkylation sites (tertiary alicyclic amines) is 1. The van der Waals surface area contributed by atoms with Crippen LogP contribution in [0.3, 0.4) is 0 Å². The standard InChI is InChI=1S/C32H42N3P/c1-8-10-30(34-32(33-7)29-15-16-31(25(6)21-29)36-23(3)4)28-13-11-26(12-14-28)22-35-19-17-27(18-20-35)24(5)9-2/h2,11-16,21,23,27,36H,5,8,10,17-20,22H2,1,3-4,6-7H3. The normalized spacial score (nSPS) is 16.1. The Morgan fingerprint density at radius 1 is 1.14 bits per heavy atom. The maximum absolute atomic E-state index is 5.54. The number of aliphatic imine (C=N–C) groups is 2. The topological polar surface area (TPSA) is 28.0 Å². The van der Waals surface area contributed by atoms with Crippen LogP contribution in [-0.2, 0) is 6.54 Å². The van der Waals surface area contributed by atoms with Gasteiger partial charge in [-0.25, -0.2) is 4.99 Å². The van der Waals surface area contributed by atoms with Gasteiger partial charge in [0.05, 0.1) is 5.71 Å². The number of hydrogen-bond donors (Lipinski definition) is 0. The SMILES string of the molecule is C#CC(=C)C1CCN(Cc2ccc(C(CCC)=NC(=NC)c3ccc(PC(C)C)c(C)c3)cc2)CC1. The predicted octanol–water partition coefficient (Wildman–Crippen LogP) is 6.77. The number of benzene rings is 2. The number of nitrogens with zero attached hydrogens (tertiary/aromatic N) is 3. The van der Waals surface area contributed by atoms with Gasteiger partial charge in [0.2, 0.25) is 0 Å². The monoisotopic (exact) mass is 499 g/mol. The van der Waals surface area contributed by atoms with Gasteiger partial charge in [-0.2, -0.15) is 0 Å². The van der Waals surface area contributed by atoms with Gasteiger partial charge in [0.25, 0.3) is 0 Å². The molecule has 1 saturated heterocycles. The lowest BCUT2D eigenvalue weighted by atomic mass is 9.90. The summed E-state index contributed by atoms with van der Waals surface area (Å²) < 4.78 is 0. The first-order valence-corrected chi connectivity index (χ1v) is 14.3. The maximum atomic E-state index is 5.54. The fourth-order valence-corrected chi connectivity index (χ4v) is 5.87. The third kappa shape index (κ3) is 7.73. The van der Waals surface area contributed by atoms with Gasteiger partial charge in [-0.05, 0) is 84.5 Å². The van der Waals surface area contributed by atoms with Crippen molar-refractivity contribution in [1.82, 2.24) is 4.90 Å². The molecule has 0 aliphatic carbocycles. The van der Waals surface area contributed by atoms with E-state index in [1.165, 1.54) is 22.0 Å². The predicted molar refractivity (Wildman–Crippen MR) is 161 cm³/mol. The molecule has 1 aliphatic rings. The quantitative estimate of drug-likeness (QED) is 0.162. The molecule has 0 amide bonds. The van der Waals surface area contributed by atoms with Crippen molar-refractivity contribution in [3.8, 4) is 12.3 Å². The third-order valence-corrected chi connectivity index (χ3v) is 8.28. The molecule has 36 heavy (non-hydrogen) atoms. The van der Waals surface area contributed by atoms with E-state index in [4.69, 9.17) is 11.4 Å². The molecule has 1 heterocycles. The van der Waals surface area contributed by atoms with E-state index < -0.39 is 0 Å². The second-order valence-corrected chi connectivity index (χ2v) is 12.1. The second-order valence-electron chi connectivity index (χ2n) is 10.1. The average molecular weight is 500 g/mol. The van der Waals surface area contributed by atoms with E-state index in [0.717, 1.165) is 76.6 Å². The molecule has 4 heteroatoms. The molecule has 2 aromatic carbocycles. The molecule has 0 bridgehead atoms. The van der Waals surface area contributed by atoms with Crippen LogP contribution in [0.2, 0.25) is 0 Å². The Labute approximate surface area is 221 Å². The van der Waals surface area contributed by atoms with Gasteiger partial charge in [0.1, 0.15) is 0 Å². The summed E-state index contributed by atoms with van der Waals surface area (Å²) >= 11 is 0. The highest BCUT2D eigenvalue weighted by Crippen LogP contribution is 2.25. The van der Waals surface area contributed by atoms with E-state index in [1.807, 2.05) is 7.05 Å². The summed E-state index contributed by atoms with van der Waals surface area (Å²) in [6, 6.07) is 15.6. The van der Waals surface area contributed by atoms with Crippen molar-refractivity contribution < 1.29 is 0 Å². The van der Waals surface area contributed by atoms with Crippen LogP contribution in [0.4, 0.5) is 0 Å². The molecule has 2 aromatic rings. The summed E-state index contributed by atoms with van der Waals surface area (Å²) in [6.07, 6.45) is 9.72. The van der Waals surface area contributed by atoms with Crippen molar-refractivity contribution >= 4 is 25.4 Å². The molecule has 0 N–H and O–H groups in total. The van der Waals surface area contributed by atoms with Gasteiger partial charge in [0.15, 0.2) is 5.84 Å². The Balaban J connectivity index is 1.72. The molecule has 0 spiro atoms. The molecule has 1 aliphatic heterocycles. The van der Waals surface area contributed by atoms with Gasteiger partial charge < -0.3 is 0 Å². The van der Waals surface area contributed by atoms with Crippen molar-refractivity contribution in [3.63, 3.8) is 0 Å². The molecule has 3 rings (SSSR count). The van der Waals surface area contributed by atoms with Crippen LogP contribution in [-0.4, -0.2) is 42.2 Å². The molecular weight excluding hydrogens is 457 g/mol. The number of amidine groups is 1. The lowest BCUT2D eigenvalue weighted by Gasteiger charge is -2.31. The second kappa shape index (κ2) is 13.7. The highest BCUT2D eigenvalue weighted by molar-refractivity contribution is 7.48. The van der Waals surface area contributed by atoms with Crippen molar-refractivity contribution in [2.24, 2.45) is 15.9 Å². The smallest absolute Gasteiger partial charge is 0.154 e. The van der Waals surface area contributed by atoms with E-state index in [-0.39, 0.29) is 0 Å². The molecule has 0 radical (unpaired) electrons. The molecule has 0 saturated carbocycles. The van der Waals surface area contributed by atoms with Crippen molar-refractivity contribution in [3.05, 3.63) is 76.9 Å². The number of piperidine rings is 1. The summed E-state index contributed by atoms with van der Waals surface area (Å²) in [5.41, 5.74) is 7.67. The third-order valence-electron chi connectivity index (χ3n) is 6.83. The Morgan fingerprint density at radius 3 is 2.36 bits per heavy atom. The van der Waals surface area contributed by atoms with Crippen LogP contribution < -0.4 is 5.30 Å². The number of terminal acetylenes is 1. The van der Waals surface area contributed by atoms with E-state index >= 15 is 0 Å². The van der Waals surface area contributed by atoms with Crippen LogP contribution >= 0.6 is 8.58 Å². The minimum Gasteiger partial charge on any atom is -0.299 e. The van der Waals surface area contributed by atoms with Crippen molar-refractivity contribution in [1.29, 1.82) is 0 Å². The Kier molecular flexibility index (Phi) is 10.7. The fourth-order valence-electron chi connectivity index (χ4n) is 4.77. The van der Waals surface area contributed by atoms with Crippen molar-refractivity contribution in [2.75, 3.05) is 20.1 Å². The van der Waals surface area contributed by atoms with E-state index in [1.54, 1.807) is 0 Å². The van der Waals surface area contributed by atoms with Gasteiger partial charge in [-0.3, -0.25) is 9.89 Å². The van der Waals surface area contributed by atoms with Crippen LogP contribution in [0, 0.1) is 25.2 Å². The first-order chi connectivity index (χ1) is 17.3. The van der Waals surface area contributed by atoms with Crippen molar-refractivity contribution in [2.45, 2.75) is 65.6 Å². The van der Waals surface area contributed by atoms with Gasteiger partial charge >= 0.3 is 0 Å². The number of hydrogen-bond acceptors (Lipinski definition) is 2. The zero-order chi connectivity index (χ0) is 26.1. The number of rotatable bonds is 9. The van der Waals surface area contributed by atoms with E-state index in [9.17, 15) is 0 Å². The van der Waals surface area contributed by atoms with Gasteiger partial charge in [-0.1, -0.05) is 84.7 Å². The lowest BCUT2D eigenvalue weighted by molar-refractivity contribution is 0.193. The first kappa shape index (κ1) is 28.0. The lowest BCUT2D eigenvalue weighted by Crippen LogP contribution is -2.33. The number of aryl methyl sites for hydroxylation is 1. The Morgan fingerprint density at radius 2 is 1.81 bits per heavy atom. The minimum absolute atomic E-state index is 0.478. The van der Waals surface area contributed by atoms with Crippen LogP contribution in [0.15, 0.2) is 64.6 Å². The first-order valence-electron chi connectivity index (χ1n) is 13.2. The molecule has 1 unspecified atom stereocenters. The van der Waals surface area contributed by atoms with Crippen LogP contribution in [0.5, 0.6) is 0 Å². The summed E-state index contributed by atoms with van der Waals surface area (Å²) in [4.78, 5) is 12.2. The maximum Gasteiger partial charge on any atom is 0.154 e. The molecular formula is C32H42N3P. The Bertz CT molecular complexity index is 1130. The highest BCUT2D eigenvalue weighted by Gasteiger charge is 2.20. The number of allylic oxidation sites excluding steroid dienone is 1. The minimum atomic E-state index is 0.478. The van der Waals surface area contributed by atoms with Gasteiger partial charge in [0, 0.05) is 19.2 Å². The summed E-state index contributed by atoms with van der Waals surface area (Å²) in [5.74, 6) is 4.02. The van der Waals surface area contributed by atoms with Crippen LogP contribution in [0.1, 0.15) is 68.7 Å². The summed E-state index contributed by atoms with van der Waals surface area (Å²) in [7, 11) is 2.67.